The molecule has 4 nitrogen and oxygen atoms in total. The summed E-state index contributed by atoms with van der Waals surface area (Å²) in [4.78, 5) is 16.1. The van der Waals surface area contributed by atoms with Crippen molar-refractivity contribution < 1.29 is 0 Å². The van der Waals surface area contributed by atoms with Crippen LogP contribution >= 0.6 is 11.8 Å². The molecule has 0 saturated heterocycles. The molecule has 1 aliphatic rings. The van der Waals surface area contributed by atoms with Gasteiger partial charge in [-0.25, -0.2) is 0 Å². The van der Waals surface area contributed by atoms with Crippen LogP contribution in [0.25, 0.3) is 5.65 Å². The first-order valence-corrected chi connectivity index (χ1v) is 9.83. The number of thioether (sulfide) groups is 1. The highest BCUT2D eigenvalue weighted by Crippen LogP contribution is 2.46. The summed E-state index contributed by atoms with van der Waals surface area (Å²) in [5.74, 6) is 1.04. The molecule has 3 heterocycles. The zero-order chi connectivity index (χ0) is 17.6. The van der Waals surface area contributed by atoms with Gasteiger partial charge in [-0.3, -0.25) is 9.20 Å². The van der Waals surface area contributed by atoms with Gasteiger partial charge in [-0.1, -0.05) is 37.3 Å². The molecule has 25 heavy (non-hydrogen) atoms. The zero-order valence-electron chi connectivity index (χ0n) is 14.8. The summed E-state index contributed by atoms with van der Waals surface area (Å²) in [5, 5.41) is 4.04. The number of hydrogen-bond acceptors (Lipinski definition) is 3. The van der Waals surface area contributed by atoms with Crippen LogP contribution in [0, 0.1) is 13.8 Å². The van der Waals surface area contributed by atoms with Gasteiger partial charge in [-0.05, 0) is 37.1 Å². The van der Waals surface area contributed by atoms with E-state index in [-0.39, 0.29) is 11.6 Å². The van der Waals surface area contributed by atoms with Gasteiger partial charge in [0.05, 0.1) is 11.7 Å². The highest BCUT2D eigenvalue weighted by molar-refractivity contribution is 7.99. The Balaban J connectivity index is 1.91. The Morgan fingerprint density at radius 3 is 2.72 bits per heavy atom. The Labute approximate surface area is 151 Å². The van der Waals surface area contributed by atoms with Crippen LogP contribution in [0.5, 0.6) is 0 Å². The van der Waals surface area contributed by atoms with E-state index in [0.29, 0.717) is 5.25 Å². The summed E-state index contributed by atoms with van der Waals surface area (Å²) in [6, 6.07) is 12.6. The SMILES string of the molecule is CCS[C@H]1C[C@H](c2ccccc2)Nc2c1cc(=O)n1c(C)c(C)[nH]c21. The minimum absolute atomic E-state index is 0.0530. The monoisotopic (exact) mass is 353 g/mol. The van der Waals surface area contributed by atoms with Crippen LogP contribution in [-0.4, -0.2) is 15.1 Å². The molecule has 2 aromatic heterocycles. The molecule has 4 rings (SSSR count). The molecule has 3 aromatic rings. The first-order valence-electron chi connectivity index (χ1n) is 8.78. The number of anilines is 1. The van der Waals surface area contributed by atoms with Crippen LogP contribution in [0.3, 0.4) is 0 Å². The maximum atomic E-state index is 12.7. The summed E-state index contributed by atoms with van der Waals surface area (Å²) in [6.45, 7) is 6.19. The second kappa shape index (κ2) is 6.30. The number of aromatic amines is 1. The lowest BCUT2D eigenvalue weighted by atomic mass is 9.93. The van der Waals surface area contributed by atoms with E-state index >= 15 is 0 Å². The number of rotatable bonds is 3. The minimum atomic E-state index is 0.0530. The molecule has 0 saturated carbocycles. The molecule has 0 unspecified atom stereocenters. The molecule has 2 N–H and O–H groups in total. The van der Waals surface area contributed by atoms with Crippen molar-refractivity contribution in [2.75, 3.05) is 11.1 Å². The van der Waals surface area contributed by atoms with Crippen LogP contribution in [0.2, 0.25) is 0 Å². The molecule has 0 fully saturated rings. The average Bonchev–Trinajstić information content (AvgIpc) is 2.92. The predicted octanol–water partition coefficient (Wildman–Crippen LogP) is 4.60. The Morgan fingerprint density at radius 1 is 1.24 bits per heavy atom. The van der Waals surface area contributed by atoms with E-state index in [2.05, 4.69) is 41.5 Å². The zero-order valence-corrected chi connectivity index (χ0v) is 15.6. The van der Waals surface area contributed by atoms with E-state index in [9.17, 15) is 4.79 Å². The number of H-pyrrole nitrogens is 1. The fraction of sp³-hybridized carbons (Fsp3) is 0.350. The topological polar surface area (TPSA) is 49.3 Å². The van der Waals surface area contributed by atoms with Crippen LogP contribution in [0.1, 0.15) is 47.2 Å². The van der Waals surface area contributed by atoms with Gasteiger partial charge in [0.2, 0.25) is 0 Å². The standard InChI is InChI=1S/C20H23N3OS/c1-4-25-17-11-16(14-8-6-5-7-9-14)22-19-15(17)10-18(24)23-13(3)12(2)21-20(19)23/h5-10,16-17,21-22H,4,11H2,1-3H3/t16-,17+/m1/s1. The van der Waals surface area contributed by atoms with Gasteiger partial charge in [0, 0.05) is 22.7 Å². The summed E-state index contributed by atoms with van der Waals surface area (Å²) < 4.78 is 1.79. The van der Waals surface area contributed by atoms with Gasteiger partial charge < -0.3 is 10.3 Å². The Bertz CT molecular complexity index is 974. The molecule has 5 heteroatoms. The highest BCUT2D eigenvalue weighted by atomic mass is 32.2. The van der Waals surface area contributed by atoms with Gasteiger partial charge in [0.25, 0.3) is 5.56 Å². The third kappa shape index (κ3) is 2.67. The Morgan fingerprint density at radius 2 is 2.00 bits per heavy atom. The first kappa shape index (κ1) is 16.3. The summed E-state index contributed by atoms with van der Waals surface area (Å²) in [6.07, 6.45) is 0.990. The van der Waals surface area contributed by atoms with Gasteiger partial charge >= 0.3 is 0 Å². The molecule has 0 radical (unpaired) electrons. The van der Waals surface area contributed by atoms with Gasteiger partial charge in [-0.15, -0.1) is 0 Å². The molecule has 1 aromatic carbocycles. The van der Waals surface area contributed by atoms with E-state index < -0.39 is 0 Å². The van der Waals surface area contributed by atoms with Crippen LogP contribution in [-0.2, 0) is 0 Å². The Hall–Kier alpha value is -2.14. The van der Waals surface area contributed by atoms with E-state index in [0.717, 1.165) is 40.5 Å². The summed E-state index contributed by atoms with van der Waals surface area (Å²) in [7, 11) is 0. The smallest absolute Gasteiger partial charge is 0.256 e. The van der Waals surface area contributed by atoms with Crippen LogP contribution in [0.15, 0.2) is 41.2 Å². The summed E-state index contributed by atoms with van der Waals surface area (Å²) >= 11 is 1.92. The lowest BCUT2D eigenvalue weighted by Gasteiger charge is -2.33. The number of fused-ring (bicyclic) bond motifs is 3. The fourth-order valence-corrected chi connectivity index (χ4v) is 4.86. The number of nitrogens with one attached hydrogen (secondary N) is 2. The van der Waals surface area contributed by atoms with Crippen molar-refractivity contribution in [2.45, 2.75) is 38.5 Å². The number of nitrogens with zero attached hydrogens (tertiary/aromatic N) is 1. The molecule has 0 spiro atoms. The van der Waals surface area contributed by atoms with E-state index in [1.807, 2.05) is 37.7 Å². The highest BCUT2D eigenvalue weighted by Gasteiger charge is 2.30. The number of aromatic nitrogens is 2. The molecule has 130 valence electrons. The van der Waals surface area contributed by atoms with Gasteiger partial charge in [0.15, 0.2) is 0 Å². The van der Waals surface area contributed by atoms with Crippen molar-refractivity contribution in [3.8, 4) is 0 Å². The first-order chi connectivity index (χ1) is 12.1. The lowest BCUT2D eigenvalue weighted by molar-refractivity contribution is 0.655. The molecule has 1 aliphatic heterocycles. The number of pyridine rings is 1. The molecular formula is C20H23N3OS. The molecule has 0 aliphatic carbocycles. The Kier molecular flexibility index (Phi) is 4.12. The predicted molar refractivity (Wildman–Crippen MR) is 106 cm³/mol. The van der Waals surface area contributed by atoms with Crippen molar-refractivity contribution in [3.05, 3.63) is 69.3 Å². The second-order valence-electron chi connectivity index (χ2n) is 6.62. The number of hydrogen-bond donors (Lipinski definition) is 2. The lowest BCUT2D eigenvalue weighted by Crippen LogP contribution is -2.25. The number of aryl methyl sites for hydroxylation is 2. The molecule has 0 bridgehead atoms. The minimum Gasteiger partial charge on any atom is -0.375 e. The molecule has 0 amide bonds. The van der Waals surface area contributed by atoms with Crippen molar-refractivity contribution in [2.24, 2.45) is 0 Å². The maximum absolute atomic E-state index is 12.7. The third-order valence-corrected chi connectivity index (χ3v) is 6.30. The van der Waals surface area contributed by atoms with Crippen molar-refractivity contribution in [1.82, 2.24) is 9.38 Å². The van der Waals surface area contributed by atoms with E-state index in [1.54, 1.807) is 4.40 Å². The summed E-state index contributed by atoms with van der Waals surface area (Å²) in [5.41, 5.74) is 6.45. The normalized spacial score (nSPS) is 19.6. The van der Waals surface area contributed by atoms with Crippen molar-refractivity contribution >= 4 is 23.1 Å². The van der Waals surface area contributed by atoms with E-state index in [1.165, 1.54) is 5.56 Å². The van der Waals surface area contributed by atoms with Crippen molar-refractivity contribution in [3.63, 3.8) is 0 Å². The van der Waals surface area contributed by atoms with Crippen LogP contribution in [0.4, 0.5) is 5.69 Å². The fourth-order valence-electron chi connectivity index (χ4n) is 3.76. The molecular weight excluding hydrogens is 330 g/mol. The van der Waals surface area contributed by atoms with Crippen molar-refractivity contribution in [1.29, 1.82) is 0 Å². The number of benzene rings is 1. The number of imidazole rings is 1. The quantitative estimate of drug-likeness (QED) is 0.724. The molecule has 2 atom stereocenters. The van der Waals surface area contributed by atoms with Crippen LogP contribution < -0.4 is 10.9 Å². The van der Waals surface area contributed by atoms with Gasteiger partial charge in [0.1, 0.15) is 5.65 Å². The largest absolute Gasteiger partial charge is 0.375 e. The average molecular weight is 353 g/mol. The third-order valence-electron chi connectivity index (χ3n) is 5.12. The maximum Gasteiger partial charge on any atom is 0.256 e. The van der Waals surface area contributed by atoms with E-state index in [4.69, 9.17) is 0 Å². The second-order valence-corrected chi connectivity index (χ2v) is 8.10. The van der Waals surface area contributed by atoms with Gasteiger partial charge in [-0.2, -0.15) is 11.8 Å².